The number of nitrogens with zero attached hydrogens (tertiary/aromatic N) is 3. The van der Waals surface area contributed by atoms with Crippen LogP contribution in [0.2, 0.25) is 0 Å². The van der Waals surface area contributed by atoms with Crippen molar-refractivity contribution >= 4 is 28.9 Å². The number of anilines is 4. The lowest BCUT2D eigenvalue weighted by Crippen LogP contribution is -2.36. The number of carbonyl (C=O) groups excluding carboxylic acids is 1. The molecule has 142 valence electrons. The summed E-state index contributed by atoms with van der Waals surface area (Å²) in [5.74, 6) is 0.0968. The van der Waals surface area contributed by atoms with E-state index in [0.717, 1.165) is 30.2 Å². The molecule has 1 aliphatic heterocycles. The van der Waals surface area contributed by atoms with Crippen LogP contribution >= 0.6 is 0 Å². The van der Waals surface area contributed by atoms with Crippen LogP contribution in [0.25, 0.3) is 0 Å². The van der Waals surface area contributed by atoms with Gasteiger partial charge in [-0.2, -0.15) is 0 Å². The summed E-state index contributed by atoms with van der Waals surface area (Å²) in [5.41, 5.74) is 2.97. The number of nitrogens with one attached hydrogen (secondary N) is 2. The first-order valence-corrected chi connectivity index (χ1v) is 9.18. The first-order chi connectivity index (χ1) is 13.8. The van der Waals surface area contributed by atoms with E-state index in [-0.39, 0.29) is 5.91 Å². The molecule has 2 heterocycles. The van der Waals surface area contributed by atoms with Crippen LogP contribution in [0.15, 0.2) is 66.9 Å². The minimum absolute atomic E-state index is 0.280. The number of para-hydroxylation sites is 3. The zero-order valence-corrected chi connectivity index (χ0v) is 15.3. The van der Waals surface area contributed by atoms with Crippen molar-refractivity contribution in [3.05, 3.63) is 72.6 Å². The summed E-state index contributed by atoms with van der Waals surface area (Å²) in [4.78, 5) is 23.4. The third-order valence-corrected chi connectivity index (χ3v) is 4.42. The Morgan fingerprint density at radius 1 is 0.964 bits per heavy atom. The number of amides is 1. The SMILES string of the molecule is O=C(Nc1ccccc1)c1ccnc(Nc2ccccc2N2CCOCC2)n1. The quantitative estimate of drug-likeness (QED) is 0.712. The molecular formula is C21H21N5O2. The van der Waals surface area contributed by atoms with Gasteiger partial charge in [-0.3, -0.25) is 4.79 Å². The lowest BCUT2D eigenvalue weighted by molar-refractivity contribution is 0.102. The fraction of sp³-hybridized carbons (Fsp3) is 0.190. The summed E-state index contributed by atoms with van der Waals surface area (Å²) in [5, 5.41) is 6.08. The smallest absolute Gasteiger partial charge is 0.274 e. The van der Waals surface area contributed by atoms with E-state index in [4.69, 9.17) is 4.74 Å². The van der Waals surface area contributed by atoms with Crippen LogP contribution in [0.3, 0.4) is 0 Å². The summed E-state index contributed by atoms with van der Waals surface area (Å²) in [7, 11) is 0. The minimum Gasteiger partial charge on any atom is -0.378 e. The highest BCUT2D eigenvalue weighted by Gasteiger charge is 2.15. The molecule has 0 spiro atoms. The number of aromatic nitrogens is 2. The minimum atomic E-state index is -0.280. The van der Waals surface area contributed by atoms with Gasteiger partial charge in [0, 0.05) is 25.0 Å². The number of carbonyl (C=O) groups is 1. The van der Waals surface area contributed by atoms with Gasteiger partial charge in [0.2, 0.25) is 5.95 Å². The zero-order chi connectivity index (χ0) is 19.2. The highest BCUT2D eigenvalue weighted by atomic mass is 16.5. The Kier molecular flexibility index (Phi) is 5.44. The fourth-order valence-electron chi connectivity index (χ4n) is 3.04. The van der Waals surface area contributed by atoms with Crippen molar-refractivity contribution in [2.24, 2.45) is 0 Å². The van der Waals surface area contributed by atoms with E-state index in [1.54, 1.807) is 12.3 Å². The van der Waals surface area contributed by atoms with Crippen molar-refractivity contribution in [3.63, 3.8) is 0 Å². The second kappa shape index (κ2) is 8.49. The van der Waals surface area contributed by atoms with Gasteiger partial charge in [-0.05, 0) is 30.3 Å². The molecule has 0 saturated carbocycles. The average molecular weight is 375 g/mol. The Labute approximate surface area is 163 Å². The van der Waals surface area contributed by atoms with E-state index in [0.29, 0.717) is 24.9 Å². The summed E-state index contributed by atoms with van der Waals surface area (Å²) in [6, 6.07) is 18.9. The highest BCUT2D eigenvalue weighted by Crippen LogP contribution is 2.28. The summed E-state index contributed by atoms with van der Waals surface area (Å²) in [6.07, 6.45) is 1.58. The second-order valence-electron chi connectivity index (χ2n) is 6.33. The molecule has 0 radical (unpaired) electrons. The maximum atomic E-state index is 12.5. The topological polar surface area (TPSA) is 79.4 Å². The summed E-state index contributed by atoms with van der Waals surface area (Å²) in [6.45, 7) is 3.08. The lowest BCUT2D eigenvalue weighted by Gasteiger charge is -2.30. The third-order valence-electron chi connectivity index (χ3n) is 4.42. The number of rotatable bonds is 5. The molecule has 1 amide bonds. The normalized spacial score (nSPS) is 13.8. The van der Waals surface area contributed by atoms with Gasteiger partial charge in [-0.1, -0.05) is 30.3 Å². The Bertz CT molecular complexity index is 942. The van der Waals surface area contributed by atoms with Gasteiger partial charge < -0.3 is 20.3 Å². The van der Waals surface area contributed by atoms with Crippen molar-refractivity contribution in [1.29, 1.82) is 0 Å². The molecule has 4 rings (SSSR count). The van der Waals surface area contributed by atoms with Gasteiger partial charge in [0.15, 0.2) is 0 Å². The van der Waals surface area contributed by atoms with Gasteiger partial charge >= 0.3 is 0 Å². The molecule has 7 nitrogen and oxygen atoms in total. The van der Waals surface area contributed by atoms with E-state index < -0.39 is 0 Å². The summed E-state index contributed by atoms with van der Waals surface area (Å²) >= 11 is 0. The zero-order valence-electron chi connectivity index (χ0n) is 15.3. The van der Waals surface area contributed by atoms with Gasteiger partial charge in [0.25, 0.3) is 5.91 Å². The Hall–Kier alpha value is -3.45. The second-order valence-corrected chi connectivity index (χ2v) is 6.33. The Morgan fingerprint density at radius 3 is 2.54 bits per heavy atom. The van der Waals surface area contributed by atoms with Crippen LogP contribution in [-0.4, -0.2) is 42.2 Å². The van der Waals surface area contributed by atoms with Crippen molar-refractivity contribution in [3.8, 4) is 0 Å². The maximum Gasteiger partial charge on any atom is 0.274 e. The van der Waals surface area contributed by atoms with E-state index >= 15 is 0 Å². The van der Waals surface area contributed by atoms with Crippen LogP contribution in [0.1, 0.15) is 10.5 Å². The van der Waals surface area contributed by atoms with Gasteiger partial charge in [0.05, 0.1) is 24.6 Å². The molecule has 1 saturated heterocycles. The van der Waals surface area contributed by atoms with Crippen LogP contribution in [0, 0.1) is 0 Å². The van der Waals surface area contributed by atoms with E-state index in [1.807, 2.05) is 48.5 Å². The predicted molar refractivity (Wildman–Crippen MR) is 109 cm³/mol. The first-order valence-electron chi connectivity index (χ1n) is 9.18. The van der Waals surface area contributed by atoms with Crippen LogP contribution in [0.5, 0.6) is 0 Å². The van der Waals surface area contributed by atoms with E-state index in [9.17, 15) is 4.79 Å². The third kappa shape index (κ3) is 4.27. The Morgan fingerprint density at radius 2 is 1.71 bits per heavy atom. The number of morpholine rings is 1. The lowest BCUT2D eigenvalue weighted by atomic mass is 10.2. The van der Waals surface area contributed by atoms with Crippen molar-refractivity contribution < 1.29 is 9.53 Å². The van der Waals surface area contributed by atoms with Crippen molar-refractivity contribution in [2.45, 2.75) is 0 Å². The molecule has 3 aromatic rings. The Balaban J connectivity index is 1.52. The average Bonchev–Trinajstić information content (AvgIpc) is 2.76. The molecule has 7 heteroatoms. The van der Waals surface area contributed by atoms with Gasteiger partial charge in [-0.25, -0.2) is 9.97 Å². The number of ether oxygens (including phenoxy) is 1. The van der Waals surface area contributed by atoms with Crippen LogP contribution in [0.4, 0.5) is 23.0 Å². The number of hydrogen-bond donors (Lipinski definition) is 2. The van der Waals surface area contributed by atoms with Gasteiger partial charge in [0.1, 0.15) is 5.69 Å². The maximum absolute atomic E-state index is 12.5. The molecule has 0 atom stereocenters. The summed E-state index contributed by atoms with van der Waals surface area (Å²) < 4.78 is 5.44. The molecule has 2 N–H and O–H groups in total. The monoisotopic (exact) mass is 375 g/mol. The molecule has 1 aliphatic rings. The molecule has 2 aromatic carbocycles. The molecule has 28 heavy (non-hydrogen) atoms. The van der Waals surface area contributed by atoms with E-state index in [1.165, 1.54) is 0 Å². The van der Waals surface area contributed by atoms with E-state index in [2.05, 4.69) is 31.6 Å². The molecule has 0 aliphatic carbocycles. The van der Waals surface area contributed by atoms with Crippen molar-refractivity contribution in [2.75, 3.05) is 41.8 Å². The highest BCUT2D eigenvalue weighted by molar-refractivity contribution is 6.03. The fourth-order valence-corrected chi connectivity index (χ4v) is 3.04. The van der Waals surface area contributed by atoms with Crippen LogP contribution < -0.4 is 15.5 Å². The number of hydrogen-bond acceptors (Lipinski definition) is 6. The molecule has 1 aromatic heterocycles. The van der Waals surface area contributed by atoms with Crippen LogP contribution in [-0.2, 0) is 4.74 Å². The first kappa shape index (κ1) is 17.9. The molecular weight excluding hydrogens is 354 g/mol. The standard InChI is InChI=1S/C21H21N5O2/c27-20(23-16-6-2-1-3-7-16)18-10-11-22-21(25-18)24-17-8-4-5-9-19(17)26-12-14-28-15-13-26/h1-11H,12-15H2,(H,23,27)(H,22,24,25). The number of benzene rings is 2. The molecule has 1 fully saturated rings. The molecule has 0 unspecified atom stereocenters. The van der Waals surface area contributed by atoms with Gasteiger partial charge in [-0.15, -0.1) is 0 Å². The largest absolute Gasteiger partial charge is 0.378 e. The predicted octanol–water partition coefficient (Wildman–Crippen LogP) is 3.31. The van der Waals surface area contributed by atoms with Crippen molar-refractivity contribution in [1.82, 2.24) is 9.97 Å². The molecule has 0 bridgehead atoms.